The van der Waals surface area contributed by atoms with Crippen molar-refractivity contribution >= 4 is 40.8 Å². The Morgan fingerprint density at radius 1 is 1.03 bits per heavy atom. The van der Waals surface area contributed by atoms with Crippen LogP contribution in [0, 0.1) is 5.92 Å². The molecule has 8 nitrogen and oxygen atoms in total. The minimum absolute atomic E-state index is 0.0155. The van der Waals surface area contributed by atoms with Crippen LogP contribution in [0.3, 0.4) is 0 Å². The SMILES string of the molecule is O=C(COC(=O)c1cccc(NC(=O)C2CC2)c1)Nc1ccccc1N1CCCC1=O. The van der Waals surface area contributed by atoms with Crippen molar-refractivity contribution in [3.63, 3.8) is 0 Å². The van der Waals surface area contributed by atoms with Crippen LogP contribution in [0.4, 0.5) is 17.1 Å². The standard InChI is InChI=1S/C23H23N3O5/c27-20(25-18-7-1-2-8-19(18)26-12-4-9-21(26)28)14-31-23(30)16-5-3-6-17(13-16)24-22(29)15-10-11-15/h1-3,5-8,13,15H,4,9-12,14H2,(H,24,29)(H,25,27). The minimum atomic E-state index is -0.666. The summed E-state index contributed by atoms with van der Waals surface area (Å²) < 4.78 is 5.12. The molecule has 0 unspecified atom stereocenters. The van der Waals surface area contributed by atoms with Crippen molar-refractivity contribution in [3.8, 4) is 0 Å². The summed E-state index contributed by atoms with van der Waals surface area (Å²) >= 11 is 0. The summed E-state index contributed by atoms with van der Waals surface area (Å²) in [6, 6.07) is 13.4. The van der Waals surface area contributed by atoms with Gasteiger partial charge in [-0.15, -0.1) is 0 Å². The lowest BCUT2D eigenvalue weighted by atomic mass is 10.2. The molecule has 0 spiro atoms. The summed E-state index contributed by atoms with van der Waals surface area (Å²) in [5, 5.41) is 5.48. The lowest BCUT2D eigenvalue weighted by Gasteiger charge is -2.19. The van der Waals surface area contributed by atoms with Crippen LogP contribution in [-0.2, 0) is 19.1 Å². The molecule has 1 saturated heterocycles. The van der Waals surface area contributed by atoms with Gasteiger partial charge in [0.2, 0.25) is 11.8 Å². The van der Waals surface area contributed by atoms with Crippen LogP contribution in [0.25, 0.3) is 0 Å². The van der Waals surface area contributed by atoms with E-state index in [-0.39, 0.29) is 23.3 Å². The first-order valence-electron chi connectivity index (χ1n) is 10.3. The van der Waals surface area contributed by atoms with E-state index in [1.807, 2.05) is 0 Å². The van der Waals surface area contributed by atoms with Crippen molar-refractivity contribution in [3.05, 3.63) is 54.1 Å². The number of rotatable bonds is 7. The van der Waals surface area contributed by atoms with E-state index in [4.69, 9.17) is 4.74 Å². The Morgan fingerprint density at radius 2 is 1.84 bits per heavy atom. The van der Waals surface area contributed by atoms with Gasteiger partial charge in [-0.2, -0.15) is 0 Å². The quantitative estimate of drug-likeness (QED) is 0.669. The van der Waals surface area contributed by atoms with Crippen molar-refractivity contribution in [2.45, 2.75) is 25.7 Å². The fourth-order valence-corrected chi connectivity index (χ4v) is 3.43. The molecule has 0 aromatic heterocycles. The van der Waals surface area contributed by atoms with E-state index in [1.54, 1.807) is 47.4 Å². The maximum atomic E-state index is 12.3. The number of carbonyl (C=O) groups is 4. The highest BCUT2D eigenvalue weighted by Gasteiger charge is 2.29. The highest BCUT2D eigenvalue weighted by Crippen LogP contribution is 2.30. The molecular weight excluding hydrogens is 398 g/mol. The molecule has 2 aliphatic rings. The Bertz CT molecular complexity index is 1030. The van der Waals surface area contributed by atoms with Crippen molar-refractivity contribution in [1.29, 1.82) is 0 Å². The molecule has 2 aromatic carbocycles. The number of ether oxygens (including phenoxy) is 1. The molecule has 0 atom stereocenters. The summed E-state index contributed by atoms with van der Waals surface area (Å²) in [4.78, 5) is 50.2. The summed E-state index contributed by atoms with van der Waals surface area (Å²) in [7, 11) is 0. The van der Waals surface area contributed by atoms with Gasteiger partial charge in [0.15, 0.2) is 6.61 Å². The predicted molar refractivity (Wildman–Crippen MR) is 115 cm³/mol. The molecule has 1 aliphatic carbocycles. The molecule has 2 aromatic rings. The molecule has 8 heteroatoms. The van der Waals surface area contributed by atoms with E-state index in [0.717, 1.165) is 19.3 Å². The number of amides is 3. The Morgan fingerprint density at radius 3 is 2.58 bits per heavy atom. The van der Waals surface area contributed by atoms with Crippen molar-refractivity contribution in [2.24, 2.45) is 5.92 Å². The van der Waals surface area contributed by atoms with Crippen LogP contribution in [-0.4, -0.2) is 36.8 Å². The summed E-state index contributed by atoms with van der Waals surface area (Å²) in [6.45, 7) is 0.133. The van der Waals surface area contributed by atoms with Crippen LogP contribution in [0.2, 0.25) is 0 Å². The first-order chi connectivity index (χ1) is 15.0. The van der Waals surface area contributed by atoms with E-state index in [9.17, 15) is 19.2 Å². The molecular formula is C23H23N3O5. The Kier molecular flexibility index (Phi) is 5.97. The second-order valence-corrected chi connectivity index (χ2v) is 7.63. The summed E-state index contributed by atoms with van der Waals surface area (Å²) in [5.41, 5.74) is 1.87. The molecule has 0 bridgehead atoms. The van der Waals surface area contributed by atoms with Gasteiger partial charge < -0.3 is 20.3 Å². The first kappa shape index (κ1) is 20.6. The molecule has 1 heterocycles. The van der Waals surface area contributed by atoms with Gasteiger partial charge in [0.05, 0.1) is 16.9 Å². The highest BCUT2D eigenvalue weighted by molar-refractivity contribution is 6.03. The van der Waals surface area contributed by atoms with Gasteiger partial charge in [0.1, 0.15) is 0 Å². The smallest absolute Gasteiger partial charge is 0.338 e. The van der Waals surface area contributed by atoms with Gasteiger partial charge in [0, 0.05) is 24.6 Å². The fraction of sp³-hybridized carbons (Fsp3) is 0.304. The summed E-state index contributed by atoms with van der Waals surface area (Å²) in [6.07, 6.45) is 3.04. The average Bonchev–Trinajstić information content (AvgIpc) is 3.54. The third-order valence-corrected chi connectivity index (χ3v) is 5.19. The van der Waals surface area contributed by atoms with Gasteiger partial charge >= 0.3 is 5.97 Å². The molecule has 2 N–H and O–H groups in total. The lowest BCUT2D eigenvalue weighted by molar-refractivity contribution is -0.119. The number of nitrogens with one attached hydrogen (secondary N) is 2. The van der Waals surface area contributed by atoms with Crippen LogP contribution in [0.1, 0.15) is 36.0 Å². The van der Waals surface area contributed by atoms with E-state index in [1.165, 1.54) is 6.07 Å². The number of hydrogen-bond acceptors (Lipinski definition) is 5. The van der Waals surface area contributed by atoms with Gasteiger partial charge in [-0.25, -0.2) is 4.79 Å². The van der Waals surface area contributed by atoms with Crippen LogP contribution in [0.5, 0.6) is 0 Å². The number of carbonyl (C=O) groups excluding carboxylic acids is 4. The second-order valence-electron chi connectivity index (χ2n) is 7.63. The zero-order valence-electron chi connectivity index (χ0n) is 16.9. The molecule has 1 aliphatic heterocycles. The first-order valence-corrected chi connectivity index (χ1v) is 10.3. The number of para-hydroxylation sites is 2. The van der Waals surface area contributed by atoms with Gasteiger partial charge in [-0.3, -0.25) is 14.4 Å². The topological polar surface area (TPSA) is 105 Å². The van der Waals surface area contributed by atoms with Crippen LogP contribution in [0.15, 0.2) is 48.5 Å². The third-order valence-electron chi connectivity index (χ3n) is 5.19. The molecule has 1 saturated carbocycles. The highest BCUT2D eigenvalue weighted by atomic mass is 16.5. The third kappa shape index (κ3) is 5.09. The van der Waals surface area contributed by atoms with Crippen LogP contribution >= 0.6 is 0 Å². The Balaban J connectivity index is 1.34. The van der Waals surface area contributed by atoms with Gasteiger partial charge in [0.25, 0.3) is 5.91 Å². The number of anilines is 3. The molecule has 4 rings (SSSR count). The predicted octanol–water partition coefficient (Wildman–Crippen LogP) is 2.96. The van der Waals surface area contributed by atoms with E-state index >= 15 is 0 Å². The van der Waals surface area contributed by atoms with Crippen molar-refractivity contribution in [1.82, 2.24) is 0 Å². The maximum Gasteiger partial charge on any atom is 0.338 e. The Labute approximate surface area is 179 Å². The van der Waals surface area contributed by atoms with Gasteiger partial charge in [-0.05, 0) is 49.6 Å². The molecule has 31 heavy (non-hydrogen) atoms. The fourth-order valence-electron chi connectivity index (χ4n) is 3.43. The van der Waals surface area contributed by atoms with Crippen molar-refractivity contribution in [2.75, 3.05) is 28.7 Å². The maximum absolute atomic E-state index is 12.3. The van der Waals surface area contributed by atoms with Crippen LogP contribution < -0.4 is 15.5 Å². The minimum Gasteiger partial charge on any atom is -0.452 e. The monoisotopic (exact) mass is 421 g/mol. The van der Waals surface area contributed by atoms with E-state index in [2.05, 4.69) is 10.6 Å². The molecule has 2 fully saturated rings. The molecule has 0 radical (unpaired) electrons. The van der Waals surface area contributed by atoms with E-state index in [0.29, 0.717) is 30.0 Å². The average molecular weight is 421 g/mol. The number of esters is 1. The zero-order valence-corrected chi connectivity index (χ0v) is 16.9. The second kappa shape index (κ2) is 8.99. The largest absolute Gasteiger partial charge is 0.452 e. The van der Waals surface area contributed by atoms with Gasteiger partial charge in [-0.1, -0.05) is 18.2 Å². The normalized spacial score (nSPS) is 15.5. The summed E-state index contributed by atoms with van der Waals surface area (Å²) in [5.74, 6) is -1.16. The molecule has 160 valence electrons. The number of hydrogen-bond donors (Lipinski definition) is 2. The number of nitrogens with zero attached hydrogens (tertiary/aromatic N) is 1. The Hall–Kier alpha value is -3.68. The van der Waals surface area contributed by atoms with Crippen molar-refractivity contribution < 1.29 is 23.9 Å². The number of benzene rings is 2. The molecule has 3 amide bonds. The lowest BCUT2D eigenvalue weighted by Crippen LogP contribution is -2.27. The zero-order chi connectivity index (χ0) is 21.8. The van der Waals surface area contributed by atoms with E-state index < -0.39 is 18.5 Å².